The summed E-state index contributed by atoms with van der Waals surface area (Å²) < 4.78 is 10.9. The van der Waals surface area contributed by atoms with Crippen molar-refractivity contribution in [3.63, 3.8) is 0 Å². The molecule has 0 spiro atoms. The van der Waals surface area contributed by atoms with Crippen LogP contribution in [-0.4, -0.2) is 10.1 Å². The maximum Gasteiger partial charge on any atom is 0.231 e. The molecule has 0 radical (unpaired) electrons. The first-order chi connectivity index (χ1) is 10.3. The number of nitrogens with zero attached hydrogens (tertiary/aromatic N) is 2. The lowest BCUT2D eigenvalue weighted by Gasteiger charge is -2.03. The Kier molecular flexibility index (Phi) is 3.96. The molecule has 0 amide bonds. The van der Waals surface area contributed by atoms with Crippen LogP contribution < -0.4 is 4.74 Å². The number of hydrogen-bond donors (Lipinski definition) is 0. The highest BCUT2D eigenvalue weighted by Gasteiger charge is 2.07. The molecule has 4 heteroatoms. The quantitative estimate of drug-likeness (QED) is 0.717. The second-order valence-corrected chi connectivity index (χ2v) is 4.87. The molecule has 0 fully saturated rings. The summed E-state index contributed by atoms with van der Waals surface area (Å²) in [5.41, 5.74) is 2.30. The van der Waals surface area contributed by atoms with E-state index in [1.807, 2.05) is 61.5 Å². The fourth-order valence-corrected chi connectivity index (χ4v) is 2.04. The zero-order valence-electron chi connectivity index (χ0n) is 11.8. The van der Waals surface area contributed by atoms with Gasteiger partial charge in [-0.2, -0.15) is 4.98 Å². The van der Waals surface area contributed by atoms with E-state index in [9.17, 15) is 0 Å². The second-order valence-electron chi connectivity index (χ2n) is 4.87. The van der Waals surface area contributed by atoms with E-state index in [0.717, 1.165) is 16.9 Å². The second kappa shape index (κ2) is 6.22. The fourth-order valence-electron chi connectivity index (χ4n) is 2.04. The predicted molar refractivity (Wildman–Crippen MR) is 79.1 cm³/mol. The van der Waals surface area contributed by atoms with E-state index in [0.29, 0.717) is 24.7 Å². The number of ether oxygens (including phenoxy) is 1. The zero-order valence-corrected chi connectivity index (χ0v) is 11.8. The summed E-state index contributed by atoms with van der Waals surface area (Å²) >= 11 is 0. The highest BCUT2D eigenvalue weighted by atomic mass is 16.5. The van der Waals surface area contributed by atoms with E-state index >= 15 is 0 Å². The van der Waals surface area contributed by atoms with Crippen LogP contribution in [0.25, 0.3) is 0 Å². The Morgan fingerprint density at radius 3 is 2.71 bits per heavy atom. The van der Waals surface area contributed by atoms with Crippen molar-refractivity contribution in [3.8, 4) is 5.75 Å². The van der Waals surface area contributed by atoms with Gasteiger partial charge in [0.05, 0.1) is 6.42 Å². The van der Waals surface area contributed by atoms with E-state index < -0.39 is 0 Å². The number of benzene rings is 2. The number of aromatic nitrogens is 2. The van der Waals surface area contributed by atoms with Gasteiger partial charge in [-0.3, -0.25) is 0 Å². The third-order valence-corrected chi connectivity index (χ3v) is 3.07. The average molecular weight is 280 g/mol. The van der Waals surface area contributed by atoms with Crippen molar-refractivity contribution < 1.29 is 9.26 Å². The molecule has 0 saturated heterocycles. The topological polar surface area (TPSA) is 48.2 Å². The van der Waals surface area contributed by atoms with Crippen LogP contribution in [0.3, 0.4) is 0 Å². The van der Waals surface area contributed by atoms with Gasteiger partial charge in [0.15, 0.2) is 6.61 Å². The van der Waals surface area contributed by atoms with E-state index in [1.54, 1.807) is 0 Å². The van der Waals surface area contributed by atoms with Crippen molar-refractivity contribution in [2.24, 2.45) is 0 Å². The van der Waals surface area contributed by atoms with Gasteiger partial charge in [0, 0.05) is 0 Å². The summed E-state index contributed by atoms with van der Waals surface area (Å²) in [5.74, 6) is 1.97. The summed E-state index contributed by atoms with van der Waals surface area (Å²) in [7, 11) is 0. The summed E-state index contributed by atoms with van der Waals surface area (Å²) in [4.78, 5) is 4.34. The molecule has 0 bridgehead atoms. The van der Waals surface area contributed by atoms with E-state index in [4.69, 9.17) is 9.26 Å². The first-order valence-corrected chi connectivity index (χ1v) is 6.84. The minimum absolute atomic E-state index is 0.307. The molecule has 21 heavy (non-hydrogen) atoms. The molecule has 0 aliphatic heterocycles. The van der Waals surface area contributed by atoms with Gasteiger partial charge in [0.1, 0.15) is 5.75 Å². The zero-order chi connectivity index (χ0) is 14.5. The van der Waals surface area contributed by atoms with Crippen molar-refractivity contribution in [2.75, 3.05) is 0 Å². The van der Waals surface area contributed by atoms with Crippen molar-refractivity contribution >= 4 is 0 Å². The van der Waals surface area contributed by atoms with Gasteiger partial charge in [0.25, 0.3) is 0 Å². The first-order valence-electron chi connectivity index (χ1n) is 6.84. The van der Waals surface area contributed by atoms with Gasteiger partial charge in [-0.05, 0) is 30.2 Å². The third kappa shape index (κ3) is 3.69. The van der Waals surface area contributed by atoms with Crippen LogP contribution in [0.5, 0.6) is 5.75 Å². The van der Waals surface area contributed by atoms with Crippen LogP contribution in [0.2, 0.25) is 0 Å². The molecule has 0 unspecified atom stereocenters. The van der Waals surface area contributed by atoms with Crippen LogP contribution in [-0.2, 0) is 13.0 Å². The third-order valence-electron chi connectivity index (χ3n) is 3.07. The van der Waals surface area contributed by atoms with Gasteiger partial charge >= 0.3 is 0 Å². The lowest BCUT2D eigenvalue weighted by molar-refractivity contribution is 0.285. The van der Waals surface area contributed by atoms with Crippen molar-refractivity contribution in [2.45, 2.75) is 20.0 Å². The Morgan fingerprint density at radius 1 is 1.05 bits per heavy atom. The van der Waals surface area contributed by atoms with Crippen LogP contribution in [0.15, 0.2) is 59.1 Å². The first kappa shape index (κ1) is 13.4. The summed E-state index contributed by atoms with van der Waals surface area (Å²) in [6.45, 7) is 2.33. The summed E-state index contributed by atoms with van der Waals surface area (Å²) in [5, 5.41) is 3.94. The fraction of sp³-hybridized carbons (Fsp3) is 0.176. The molecule has 0 N–H and O–H groups in total. The van der Waals surface area contributed by atoms with Crippen LogP contribution in [0, 0.1) is 6.92 Å². The lowest BCUT2D eigenvalue weighted by Crippen LogP contribution is -1.98. The maximum atomic E-state index is 5.65. The molecule has 1 aromatic heterocycles. The molecule has 3 rings (SSSR count). The Labute approximate surface area is 123 Å². The van der Waals surface area contributed by atoms with E-state index in [-0.39, 0.29) is 0 Å². The van der Waals surface area contributed by atoms with Crippen LogP contribution in [0.4, 0.5) is 0 Å². The molecule has 2 aromatic carbocycles. The Hall–Kier alpha value is -2.62. The van der Waals surface area contributed by atoms with Gasteiger partial charge < -0.3 is 9.26 Å². The highest BCUT2D eigenvalue weighted by molar-refractivity contribution is 5.27. The van der Waals surface area contributed by atoms with Gasteiger partial charge in [-0.1, -0.05) is 47.6 Å². The van der Waals surface area contributed by atoms with Gasteiger partial charge in [-0.25, -0.2) is 0 Å². The van der Waals surface area contributed by atoms with Crippen molar-refractivity contribution in [1.29, 1.82) is 0 Å². The lowest BCUT2D eigenvalue weighted by atomic mass is 10.1. The van der Waals surface area contributed by atoms with Crippen LogP contribution in [0.1, 0.15) is 22.8 Å². The number of rotatable bonds is 5. The molecule has 0 aliphatic carbocycles. The van der Waals surface area contributed by atoms with E-state index in [1.165, 1.54) is 0 Å². The molecular weight excluding hydrogens is 264 g/mol. The smallest absolute Gasteiger partial charge is 0.231 e. The van der Waals surface area contributed by atoms with E-state index in [2.05, 4.69) is 10.1 Å². The number of hydrogen-bond acceptors (Lipinski definition) is 4. The minimum Gasteiger partial charge on any atom is -0.485 e. The molecule has 1 heterocycles. The molecule has 0 aliphatic rings. The molecule has 0 saturated carbocycles. The normalized spacial score (nSPS) is 10.5. The maximum absolute atomic E-state index is 5.65. The predicted octanol–water partition coefficient (Wildman–Crippen LogP) is 3.55. The molecule has 4 nitrogen and oxygen atoms in total. The van der Waals surface area contributed by atoms with Crippen molar-refractivity contribution in [3.05, 3.63) is 77.4 Å². The Morgan fingerprint density at radius 2 is 1.90 bits per heavy atom. The minimum atomic E-state index is 0.307. The molecule has 3 aromatic rings. The molecule has 0 atom stereocenters. The average Bonchev–Trinajstić information content (AvgIpc) is 2.94. The largest absolute Gasteiger partial charge is 0.485 e. The van der Waals surface area contributed by atoms with Crippen LogP contribution >= 0.6 is 0 Å². The Balaban J connectivity index is 1.60. The standard InChI is InChI=1S/C17H16N2O2/c1-13-6-5-9-15(10-13)20-12-16-18-17(21-19-16)11-14-7-3-2-4-8-14/h2-10H,11-12H2,1H3. The monoisotopic (exact) mass is 280 g/mol. The van der Waals surface area contributed by atoms with Gasteiger partial charge in [0.2, 0.25) is 11.7 Å². The summed E-state index contributed by atoms with van der Waals surface area (Å²) in [6, 6.07) is 17.9. The molecular formula is C17H16N2O2. The van der Waals surface area contributed by atoms with Gasteiger partial charge in [-0.15, -0.1) is 0 Å². The summed E-state index contributed by atoms with van der Waals surface area (Å²) in [6.07, 6.45) is 0.637. The number of aryl methyl sites for hydroxylation is 1. The highest BCUT2D eigenvalue weighted by Crippen LogP contribution is 2.14. The van der Waals surface area contributed by atoms with Crippen molar-refractivity contribution in [1.82, 2.24) is 10.1 Å². The Bertz CT molecular complexity index is 708. The molecule has 106 valence electrons. The SMILES string of the molecule is Cc1cccc(OCc2noc(Cc3ccccc3)n2)c1.